The molecule has 9 fully saturated rings. The molecule has 18 heteroatoms. The molecule has 6 saturated heterocycles. The second-order valence-electron chi connectivity index (χ2n) is 22.3. The number of methoxy groups -OCH3 is 4. The van der Waals surface area contributed by atoms with Gasteiger partial charge in [0.1, 0.15) is 24.4 Å². The van der Waals surface area contributed by atoms with Crippen molar-refractivity contribution in [2.24, 2.45) is 28.6 Å². The second kappa shape index (κ2) is 20.7. The highest BCUT2D eigenvalue weighted by atomic mass is 16.8. The molecule has 9 aliphatic rings. The number of ether oxygens (including phenoxy) is 15. The molecule has 6 aliphatic heterocycles. The van der Waals surface area contributed by atoms with Crippen LogP contribution in [0.15, 0.2) is 0 Å². The predicted molar refractivity (Wildman–Crippen MR) is 242 cm³/mol. The lowest BCUT2D eigenvalue weighted by Gasteiger charge is -2.57. The Balaban J connectivity index is 0.766. The average Bonchev–Trinajstić information content (AvgIpc) is 3.80. The van der Waals surface area contributed by atoms with E-state index in [-0.39, 0.29) is 65.8 Å². The van der Waals surface area contributed by atoms with Crippen LogP contribution in [0.1, 0.15) is 126 Å². The zero-order chi connectivity index (χ0) is 49.3. The van der Waals surface area contributed by atoms with E-state index in [2.05, 4.69) is 13.8 Å². The molecule has 394 valence electrons. The molecule has 0 radical (unpaired) electrons. The molecule has 0 unspecified atom stereocenters. The van der Waals surface area contributed by atoms with Crippen LogP contribution < -0.4 is 0 Å². The van der Waals surface area contributed by atoms with Crippen molar-refractivity contribution in [2.45, 2.75) is 255 Å². The molecule has 1 spiro atoms. The molecule has 2 bridgehead atoms. The summed E-state index contributed by atoms with van der Waals surface area (Å²) in [6, 6.07) is 0. The molecule has 9 rings (SSSR count). The number of Topliss-reactive ketones (excluding diaryl/α,β-unsaturated/α-hetero) is 1. The van der Waals surface area contributed by atoms with Gasteiger partial charge in [0, 0.05) is 79.3 Å². The van der Waals surface area contributed by atoms with Gasteiger partial charge in [-0.15, -0.1) is 0 Å². The fourth-order valence-electron chi connectivity index (χ4n) is 14.6. The number of fused-ring (bicyclic) bond motifs is 5. The van der Waals surface area contributed by atoms with Crippen LogP contribution in [0.5, 0.6) is 0 Å². The van der Waals surface area contributed by atoms with Crippen LogP contribution in [0.3, 0.4) is 0 Å². The maximum absolute atomic E-state index is 14.0. The van der Waals surface area contributed by atoms with Crippen LogP contribution in [0.4, 0.5) is 0 Å². The molecule has 0 aromatic heterocycles. The first-order chi connectivity index (χ1) is 32.8. The molecule has 1 N–H and O–H groups in total. The third-order valence-corrected chi connectivity index (χ3v) is 18.4. The molecule has 26 atom stereocenters. The highest BCUT2D eigenvalue weighted by molar-refractivity contribution is 5.93. The lowest BCUT2D eigenvalue weighted by molar-refractivity contribution is -0.347. The minimum atomic E-state index is -0.780. The van der Waals surface area contributed by atoms with Crippen molar-refractivity contribution < 1.29 is 85.7 Å². The molecule has 18 nitrogen and oxygen atoms in total. The van der Waals surface area contributed by atoms with Crippen LogP contribution in [0.25, 0.3) is 0 Å². The van der Waals surface area contributed by atoms with Gasteiger partial charge in [-0.1, -0.05) is 6.92 Å². The molecule has 69 heavy (non-hydrogen) atoms. The predicted octanol–water partition coefficient (Wildman–Crippen LogP) is 5.14. The van der Waals surface area contributed by atoms with E-state index in [1.165, 1.54) is 6.92 Å². The summed E-state index contributed by atoms with van der Waals surface area (Å²) in [5.41, 5.74) is -0.836. The maximum atomic E-state index is 14.0. The Morgan fingerprint density at radius 2 is 1.09 bits per heavy atom. The Bertz CT molecular complexity index is 1790. The van der Waals surface area contributed by atoms with Crippen molar-refractivity contribution in [3.63, 3.8) is 0 Å². The van der Waals surface area contributed by atoms with Crippen LogP contribution in [0, 0.1) is 28.6 Å². The summed E-state index contributed by atoms with van der Waals surface area (Å²) in [4.78, 5) is 25.9. The third kappa shape index (κ3) is 9.76. The molecule has 0 aromatic carbocycles. The third-order valence-electron chi connectivity index (χ3n) is 18.4. The van der Waals surface area contributed by atoms with Crippen molar-refractivity contribution >= 4 is 11.8 Å². The monoisotopic (exact) mass is 983 g/mol. The van der Waals surface area contributed by atoms with Gasteiger partial charge in [0.2, 0.25) is 0 Å². The highest BCUT2D eigenvalue weighted by Gasteiger charge is 2.72. The van der Waals surface area contributed by atoms with E-state index in [0.717, 1.165) is 38.5 Å². The summed E-state index contributed by atoms with van der Waals surface area (Å²) in [6.45, 7) is 15.5. The normalized spacial score (nSPS) is 53.2. The molecular weight excluding hydrogens is 901 g/mol. The lowest BCUT2D eigenvalue weighted by Crippen LogP contribution is -2.58. The quantitative estimate of drug-likeness (QED) is 0.188. The number of aliphatic hydroxyl groups is 1. The van der Waals surface area contributed by atoms with Gasteiger partial charge < -0.3 is 76.2 Å². The SMILES string of the molecule is CO[C@H]1C[C@H](O[C@@H]2[C@@H](C)O[C@@H](O[C@H]3CC[C@@]4(C)[C@@H](CC[C@@]56O[C@@H](C)[C@@H]7C[C@H](OC(C)=O)C(=O)[C@]7(C)[C@@H](C[C@@H]54)O6)C3)C[C@H]2OC)O[C@H](C)[C@H]1O[C@H]1C[C@@H](OC)[C@H](O[C@H]2C[C@@H](OC)[C@H](O)[C@@H](C)O2)[C@@H](C)O1. The number of aliphatic hydroxyl groups excluding tert-OH is 1. The average molecular weight is 983 g/mol. The first-order valence-corrected chi connectivity index (χ1v) is 25.9. The van der Waals surface area contributed by atoms with Gasteiger partial charge in [-0.25, -0.2) is 0 Å². The fourth-order valence-corrected chi connectivity index (χ4v) is 14.6. The van der Waals surface area contributed by atoms with Crippen LogP contribution in [-0.2, 0) is 80.6 Å². The topological polar surface area (TPSA) is 193 Å². The molecule has 0 amide bonds. The Hall–Kier alpha value is -1.46. The van der Waals surface area contributed by atoms with Crippen LogP contribution in [-0.4, -0.2) is 174 Å². The molecule has 0 aromatic rings. The largest absolute Gasteiger partial charge is 0.455 e. The van der Waals surface area contributed by atoms with Gasteiger partial charge in [0.25, 0.3) is 0 Å². The van der Waals surface area contributed by atoms with Gasteiger partial charge in [-0.05, 0) is 91.4 Å². The summed E-state index contributed by atoms with van der Waals surface area (Å²) >= 11 is 0. The Labute approximate surface area is 408 Å². The van der Waals surface area contributed by atoms with E-state index < -0.39 is 97.3 Å². The highest BCUT2D eigenvalue weighted by Crippen LogP contribution is 2.67. The summed E-state index contributed by atoms with van der Waals surface area (Å²) in [7, 11) is 6.59. The van der Waals surface area contributed by atoms with E-state index in [4.69, 9.17) is 71.1 Å². The van der Waals surface area contributed by atoms with Crippen molar-refractivity contribution in [1.82, 2.24) is 0 Å². The van der Waals surface area contributed by atoms with Crippen LogP contribution >= 0.6 is 0 Å². The zero-order valence-electron chi connectivity index (χ0n) is 42.9. The summed E-state index contributed by atoms with van der Waals surface area (Å²) in [5, 5.41) is 10.4. The number of esters is 1. The molecule has 3 aliphatic carbocycles. The van der Waals surface area contributed by atoms with E-state index in [1.54, 1.807) is 35.4 Å². The Morgan fingerprint density at radius 1 is 0.594 bits per heavy atom. The fraction of sp³-hybridized carbons (Fsp3) is 0.961. The van der Waals surface area contributed by atoms with Gasteiger partial charge in [0.15, 0.2) is 42.8 Å². The Morgan fingerprint density at radius 3 is 1.59 bits per heavy atom. The van der Waals surface area contributed by atoms with Crippen molar-refractivity contribution in [3.05, 3.63) is 0 Å². The molecule has 6 heterocycles. The first kappa shape index (κ1) is 52.4. The molecular formula is C51H82O18. The van der Waals surface area contributed by atoms with E-state index in [1.807, 2.05) is 27.7 Å². The van der Waals surface area contributed by atoms with Crippen molar-refractivity contribution in [3.8, 4) is 0 Å². The number of carbonyl (C=O) groups is 2. The van der Waals surface area contributed by atoms with Gasteiger partial charge in [-0.2, -0.15) is 0 Å². The minimum Gasteiger partial charge on any atom is -0.455 e. The van der Waals surface area contributed by atoms with Crippen molar-refractivity contribution in [1.29, 1.82) is 0 Å². The maximum Gasteiger partial charge on any atom is 0.303 e. The Kier molecular flexibility index (Phi) is 15.7. The first-order valence-electron chi connectivity index (χ1n) is 25.9. The smallest absolute Gasteiger partial charge is 0.303 e. The molecule has 3 saturated carbocycles. The van der Waals surface area contributed by atoms with Crippen molar-refractivity contribution in [2.75, 3.05) is 28.4 Å². The number of carbonyl (C=O) groups excluding carboxylic acids is 2. The van der Waals surface area contributed by atoms with Gasteiger partial charge in [0.05, 0.1) is 72.6 Å². The second-order valence-corrected chi connectivity index (χ2v) is 22.3. The number of hydrogen-bond acceptors (Lipinski definition) is 18. The van der Waals surface area contributed by atoms with Gasteiger partial charge >= 0.3 is 5.97 Å². The summed E-state index contributed by atoms with van der Waals surface area (Å²) < 4.78 is 95.0. The van der Waals surface area contributed by atoms with E-state index in [0.29, 0.717) is 38.0 Å². The summed E-state index contributed by atoms with van der Waals surface area (Å²) in [6.07, 6.45) is -1.17. The number of ketones is 1. The number of rotatable bonds is 13. The van der Waals surface area contributed by atoms with Gasteiger partial charge in [-0.3, -0.25) is 9.59 Å². The number of hydrogen-bond donors (Lipinski definition) is 1. The lowest BCUT2D eigenvalue weighted by atomic mass is 9.52. The van der Waals surface area contributed by atoms with E-state index >= 15 is 0 Å². The van der Waals surface area contributed by atoms with E-state index in [9.17, 15) is 14.7 Å². The minimum absolute atomic E-state index is 0.0143. The standard InChI is InChI=1S/C51H82O18/c1-24-32-18-37(63-29(6)52)48(54)50(32,8)39-23-38-49(7)15-14-31(17-30(49)13-16-51(38,68-24)69-39)64-40-20-34(56-10)45(26(3)60-40)66-42-22-36(58-12)47(28(5)62-42)67-43-21-35(57-11)46(27(4)61-43)65-41-19-33(55-9)44(53)25(2)59-41/h24-28,30-47,53H,13-23H2,1-12H3/t24-,25+,26+,27+,28+,30-,31-,32-,33+,34+,35+,36-,37-,38+,39+,40-,41-,42-,43-,44+,45+,46+,47+,49-,50-,51-/m0/s1. The zero-order valence-corrected chi connectivity index (χ0v) is 42.9. The summed E-state index contributed by atoms with van der Waals surface area (Å²) in [5.74, 6) is -0.749. The van der Waals surface area contributed by atoms with Crippen LogP contribution in [0.2, 0.25) is 0 Å².